The van der Waals surface area contributed by atoms with E-state index in [0.29, 0.717) is 13.0 Å². The molecule has 0 bridgehead atoms. The molecule has 0 aromatic carbocycles. The molecule has 1 N–H and O–H groups in total. The molecule has 1 aromatic heterocycles. The van der Waals surface area contributed by atoms with Gasteiger partial charge in [0.2, 0.25) is 0 Å². The first-order chi connectivity index (χ1) is 7.24. The second kappa shape index (κ2) is 5.99. The topological polar surface area (TPSA) is 54.9 Å². The minimum Gasteiger partial charge on any atom is -0.350 e. The first-order valence-electron chi connectivity index (χ1n) is 4.41. The Morgan fingerprint density at radius 3 is 2.93 bits per heavy atom. The van der Waals surface area contributed by atoms with Crippen molar-refractivity contribution in [1.82, 2.24) is 15.5 Å². The van der Waals surface area contributed by atoms with Gasteiger partial charge in [-0.1, -0.05) is 11.6 Å². The number of nitrogens with zero attached hydrogens (tertiary/aromatic N) is 2. The Bertz CT molecular complexity index is 391. The average molecular weight is 224 g/mol. The predicted molar refractivity (Wildman–Crippen MR) is 57.4 cm³/mol. The van der Waals surface area contributed by atoms with Gasteiger partial charge >= 0.3 is 0 Å². The van der Waals surface area contributed by atoms with Crippen molar-refractivity contribution in [2.45, 2.75) is 13.3 Å². The molecule has 0 aliphatic carbocycles. The highest BCUT2D eigenvalue weighted by atomic mass is 35.5. The zero-order valence-electron chi connectivity index (χ0n) is 8.25. The molecule has 1 heterocycles. The highest BCUT2D eigenvalue weighted by Gasteiger charge is 2.05. The summed E-state index contributed by atoms with van der Waals surface area (Å²) in [6.45, 7) is 2.26. The first-order valence-corrected chi connectivity index (χ1v) is 4.79. The molecule has 0 fully saturated rings. The van der Waals surface area contributed by atoms with Crippen molar-refractivity contribution in [1.29, 1.82) is 0 Å². The minimum absolute atomic E-state index is 0.254. The third-order valence-electron chi connectivity index (χ3n) is 1.58. The van der Waals surface area contributed by atoms with Crippen LogP contribution in [0.2, 0.25) is 5.15 Å². The van der Waals surface area contributed by atoms with Gasteiger partial charge in [-0.2, -0.15) is 0 Å². The number of rotatable bonds is 3. The van der Waals surface area contributed by atoms with E-state index in [1.807, 2.05) is 0 Å². The molecule has 0 aliphatic heterocycles. The number of aromatic nitrogens is 2. The van der Waals surface area contributed by atoms with Crippen molar-refractivity contribution in [3.05, 3.63) is 23.0 Å². The first kappa shape index (κ1) is 11.5. The largest absolute Gasteiger partial charge is 0.350 e. The molecule has 0 radical (unpaired) electrons. The third kappa shape index (κ3) is 3.96. The number of hydrogen-bond donors (Lipinski definition) is 1. The van der Waals surface area contributed by atoms with Gasteiger partial charge < -0.3 is 5.32 Å². The summed E-state index contributed by atoms with van der Waals surface area (Å²) in [4.78, 5) is 11.4. The Balaban J connectivity index is 2.46. The predicted octanol–water partition coefficient (Wildman–Crippen LogP) is 1.27. The van der Waals surface area contributed by atoms with Crippen molar-refractivity contribution in [3.8, 4) is 11.8 Å². The number of carbonyl (C=O) groups excluding carboxylic acids is 1. The Labute approximate surface area is 93.0 Å². The standard InChI is InChI=1S/C10H10ClN3O/c1-2-3-4-7-12-10(15)8-5-6-9(11)14-13-8/h5-6H,4,7H2,1H3,(H,12,15). The fourth-order valence-electron chi connectivity index (χ4n) is 0.891. The van der Waals surface area contributed by atoms with E-state index in [-0.39, 0.29) is 16.8 Å². The summed E-state index contributed by atoms with van der Waals surface area (Å²) >= 11 is 5.54. The summed E-state index contributed by atoms with van der Waals surface area (Å²) in [6.07, 6.45) is 0.628. The fourth-order valence-corrected chi connectivity index (χ4v) is 0.992. The quantitative estimate of drug-likeness (QED) is 0.620. The van der Waals surface area contributed by atoms with Crippen LogP contribution in [-0.4, -0.2) is 22.6 Å². The van der Waals surface area contributed by atoms with Gasteiger partial charge in [0.15, 0.2) is 10.8 Å². The van der Waals surface area contributed by atoms with E-state index in [1.165, 1.54) is 12.1 Å². The summed E-state index contributed by atoms with van der Waals surface area (Å²) < 4.78 is 0. The molecular weight excluding hydrogens is 214 g/mol. The number of halogens is 1. The van der Waals surface area contributed by atoms with E-state index < -0.39 is 0 Å². The normalized spacial score (nSPS) is 8.93. The molecule has 0 atom stereocenters. The van der Waals surface area contributed by atoms with Crippen LogP contribution in [0.1, 0.15) is 23.8 Å². The lowest BCUT2D eigenvalue weighted by molar-refractivity contribution is 0.0948. The summed E-state index contributed by atoms with van der Waals surface area (Å²) in [7, 11) is 0. The molecule has 15 heavy (non-hydrogen) atoms. The van der Waals surface area contributed by atoms with Crippen molar-refractivity contribution in [2.24, 2.45) is 0 Å². The van der Waals surface area contributed by atoms with Gasteiger partial charge in [0, 0.05) is 13.0 Å². The molecule has 0 unspecified atom stereocenters. The highest BCUT2D eigenvalue weighted by Crippen LogP contribution is 2.01. The fraction of sp³-hybridized carbons (Fsp3) is 0.300. The van der Waals surface area contributed by atoms with E-state index >= 15 is 0 Å². The van der Waals surface area contributed by atoms with Gasteiger partial charge in [0.25, 0.3) is 5.91 Å². The van der Waals surface area contributed by atoms with Gasteiger partial charge in [-0.15, -0.1) is 22.0 Å². The lowest BCUT2D eigenvalue weighted by Gasteiger charge is -2.00. The van der Waals surface area contributed by atoms with Crippen LogP contribution in [0.3, 0.4) is 0 Å². The second-order valence-corrected chi connectivity index (χ2v) is 3.06. The van der Waals surface area contributed by atoms with E-state index in [0.717, 1.165) is 0 Å². The summed E-state index contributed by atoms with van der Waals surface area (Å²) in [5, 5.41) is 10.2. The Kier molecular flexibility index (Phi) is 4.58. The summed E-state index contributed by atoms with van der Waals surface area (Å²) in [5.41, 5.74) is 0.254. The molecule has 0 saturated heterocycles. The van der Waals surface area contributed by atoms with Crippen molar-refractivity contribution >= 4 is 17.5 Å². The Morgan fingerprint density at radius 2 is 2.33 bits per heavy atom. The third-order valence-corrected chi connectivity index (χ3v) is 1.78. The zero-order valence-corrected chi connectivity index (χ0v) is 9.01. The molecule has 78 valence electrons. The monoisotopic (exact) mass is 223 g/mol. The second-order valence-electron chi connectivity index (χ2n) is 2.67. The maximum Gasteiger partial charge on any atom is 0.271 e. The molecule has 0 spiro atoms. The number of carbonyl (C=O) groups is 1. The van der Waals surface area contributed by atoms with E-state index in [2.05, 4.69) is 27.4 Å². The van der Waals surface area contributed by atoms with Gasteiger partial charge in [-0.25, -0.2) is 0 Å². The molecule has 4 nitrogen and oxygen atoms in total. The van der Waals surface area contributed by atoms with Crippen LogP contribution in [0, 0.1) is 11.8 Å². The lowest BCUT2D eigenvalue weighted by Crippen LogP contribution is -2.25. The van der Waals surface area contributed by atoms with Crippen LogP contribution in [0.15, 0.2) is 12.1 Å². The number of amides is 1. The van der Waals surface area contributed by atoms with Crippen LogP contribution < -0.4 is 5.32 Å². The molecule has 1 aromatic rings. The molecular formula is C10H10ClN3O. The van der Waals surface area contributed by atoms with Crippen LogP contribution in [0.25, 0.3) is 0 Å². The van der Waals surface area contributed by atoms with E-state index in [1.54, 1.807) is 6.92 Å². The summed E-state index contributed by atoms with van der Waals surface area (Å²) in [6, 6.07) is 3.05. The number of nitrogens with one attached hydrogen (secondary N) is 1. The maximum absolute atomic E-state index is 11.4. The average Bonchev–Trinajstić information content (AvgIpc) is 2.25. The number of hydrogen-bond acceptors (Lipinski definition) is 3. The minimum atomic E-state index is -0.267. The molecule has 1 amide bonds. The SMILES string of the molecule is CC#CCCNC(=O)c1ccc(Cl)nn1. The van der Waals surface area contributed by atoms with Gasteiger partial charge in [-0.3, -0.25) is 4.79 Å². The Hall–Kier alpha value is -1.60. The van der Waals surface area contributed by atoms with Gasteiger partial charge in [0.05, 0.1) is 0 Å². The molecule has 0 saturated carbocycles. The Morgan fingerprint density at radius 1 is 1.53 bits per heavy atom. The highest BCUT2D eigenvalue weighted by molar-refractivity contribution is 6.29. The van der Waals surface area contributed by atoms with Gasteiger partial charge in [0.1, 0.15) is 0 Å². The lowest BCUT2D eigenvalue weighted by atomic mass is 10.3. The van der Waals surface area contributed by atoms with Crippen LogP contribution in [-0.2, 0) is 0 Å². The molecule has 0 aliphatic rings. The molecule has 1 rings (SSSR count). The van der Waals surface area contributed by atoms with E-state index in [9.17, 15) is 4.79 Å². The van der Waals surface area contributed by atoms with Crippen molar-refractivity contribution in [3.63, 3.8) is 0 Å². The smallest absolute Gasteiger partial charge is 0.271 e. The van der Waals surface area contributed by atoms with Crippen molar-refractivity contribution < 1.29 is 4.79 Å². The van der Waals surface area contributed by atoms with Crippen LogP contribution >= 0.6 is 11.6 Å². The van der Waals surface area contributed by atoms with Crippen molar-refractivity contribution in [2.75, 3.05) is 6.54 Å². The van der Waals surface area contributed by atoms with Gasteiger partial charge in [-0.05, 0) is 19.1 Å². The van der Waals surface area contributed by atoms with Crippen LogP contribution in [0.4, 0.5) is 0 Å². The summed E-state index contributed by atoms with van der Waals surface area (Å²) in [5.74, 6) is 5.32. The molecule has 5 heteroatoms. The zero-order chi connectivity index (χ0) is 11.1. The van der Waals surface area contributed by atoms with E-state index in [4.69, 9.17) is 11.6 Å². The van der Waals surface area contributed by atoms with Crippen LogP contribution in [0.5, 0.6) is 0 Å². The maximum atomic E-state index is 11.4.